The van der Waals surface area contributed by atoms with Crippen LogP contribution in [0.5, 0.6) is 11.8 Å². The van der Waals surface area contributed by atoms with E-state index in [0.717, 1.165) is 47.6 Å². The van der Waals surface area contributed by atoms with E-state index < -0.39 is 12.0 Å². The molecule has 2 aromatic carbocycles. The van der Waals surface area contributed by atoms with E-state index in [1.807, 2.05) is 30.5 Å². The van der Waals surface area contributed by atoms with Crippen molar-refractivity contribution >= 4 is 11.8 Å². The fourth-order valence-corrected chi connectivity index (χ4v) is 4.47. The third-order valence-electron chi connectivity index (χ3n) is 5.62. The van der Waals surface area contributed by atoms with Crippen LogP contribution < -0.4 is 4.74 Å². The van der Waals surface area contributed by atoms with E-state index in [0.29, 0.717) is 5.69 Å². The van der Waals surface area contributed by atoms with Gasteiger partial charge in [-0.2, -0.15) is 22.8 Å². The van der Waals surface area contributed by atoms with E-state index in [-0.39, 0.29) is 24.3 Å². The lowest BCUT2D eigenvalue weighted by molar-refractivity contribution is -0.144. The van der Waals surface area contributed by atoms with Gasteiger partial charge in [-0.05, 0) is 67.9 Å². The van der Waals surface area contributed by atoms with Gasteiger partial charge in [0.05, 0.1) is 12.3 Å². The molecule has 1 N–H and O–H groups in total. The topological polar surface area (TPSA) is 63.4 Å². The minimum atomic E-state index is -4.66. The van der Waals surface area contributed by atoms with Crippen LogP contribution >= 0.6 is 11.8 Å². The highest BCUT2D eigenvalue weighted by molar-refractivity contribution is 7.98. The average molecular weight is 479 g/mol. The van der Waals surface area contributed by atoms with Crippen LogP contribution in [-0.2, 0) is 12.7 Å². The number of aromatic nitrogens is 3. The van der Waals surface area contributed by atoms with E-state index in [1.54, 1.807) is 24.3 Å². The maximum absolute atomic E-state index is 13.3. The third kappa shape index (κ3) is 5.80. The molecular weight excluding hydrogens is 453 g/mol. The van der Waals surface area contributed by atoms with Gasteiger partial charge < -0.3 is 9.84 Å². The molecule has 1 aliphatic heterocycles. The number of alkyl halides is 3. The molecule has 0 bridgehead atoms. The predicted octanol–water partition coefficient (Wildman–Crippen LogP) is 5.00. The zero-order valence-corrected chi connectivity index (χ0v) is 18.9. The molecule has 0 amide bonds. The molecular formula is C23H25F3N4O2S. The number of likely N-dealkylation sites (tertiary alicyclic amines) is 1. The number of thioether (sulfide) groups is 1. The summed E-state index contributed by atoms with van der Waals surface area (Å²) in [4.78, 5) is 6.73. The summed E-state index contributed by atoms with van der Waals surface area (Å²) in [6.45, 7) is 2.72. The summed E-state index contributed by atoms with van der Waals surface area (Å²) in [6.07, 6.45) is -1.08. The van der Waals surface area contributed by atoms with Gasteiger partial charge in [0, 0.05) is 11.4 Å². The zero-order valence-electron chi connectivity index (χ0n) is 18.1. The van der Waals surface area contributed by atoms with Gasteiger partial charge in [-0.25, -0.2) is 0 Å². The van der Waals surface area contributed by atoms with Crippen molar-refractivity contribution < 1.29 is 23.0 Å². The van der Waals surface area contributed by atoms with Crippen molar-refractivity contribution in [3.63, 3.8) is 0 Å². The van der Waals surface area contributed by atoms with Crippen molar-refractivity contribution in [2.45, 2.75) is 30.5 Å². The average Bonchev–Trinajstić information content (AvgIpc) is 3.23. The standard InChI is InChI=1S/C23H25F3N4O2S/c1-33-20-8-3-2-7-19(20)30-22(27-21(28-30)23(24,25)26)32-15-16-9-11-29(12-10-16)14-17-5-4-6-18(31)13-17/h2-8,13,16,31H,9-12,14-15H2,1H3. The number of aromatic hydroxyl groups is 1. The highest BCUT2D eigenvalue weighted by Gasteiger charge is 2.38. The van der Waals surface area contributed by atoms with E-state index >= 15 is 0 Å². The maximum Gasteiger partial charge on any atom is 0.453 e. The van der Waals surface area contributed by atoms with Gasteiger partial charge in [0.25, 0.3) is 5.82 Å². The van der Waals surface area contributed by atoms with Gasteiger partial charge in [-0.1, -0.05) is 24.3 Å². The van der Waals surface area contributed by atoms with Gasteiger partial charge in [0.1, 0.15) is 5.75 Å². The van der Waals surface area contributed by atoms with Gasteiger partial charge in [0.2, 0.25) is 0 Å². The minimum absolute atomic E-state index is 0.147. The lowest BCUT2D eigenvalue weighted by Crippen LogP contribution is -2.35. The molecule has 1 aliphatic rings. The van der Waals surface area contributed by atoms with Crippen LogP contribution in [0, 0.1) is 5.92 Å². The Morgan fingerprint density at radius 2 is 1.88 bits per heavy atom. The SMILES string of the molecule is CSc1ccccc1-n1nc(C(F)(F)F)nc1OCC1CCN(Cc2cccc(O)c2)CC1. The molecule has 0 unspecified atom stereocenters. The molecule has 6 nitrogen and oxygen atoms in total. The van der Waals surface area contributed by atoms with Gasteiger partial charge in [-0.3, -0.25) is 4.90 Å². The molecule has 2 heterocycles. The molecule has 3 aromatic rings. The Morgan fingerprint density at radius 1 is 1.12 bits per heavy atom. The van der Waals surface area contributed by atoms with Crippen molar-refractivity contribution in [2.75, 3.05) is 26.0 Å². The first-order valence-corrected chi connectivity index (χ1v) is 11.9. The summed E-state index contributed by atoms with van der Waals surface area (Å²) in [5.41, 5.74) is 1.55. The molecule has 0 radical (unpaired) electrons. The first kappa shape index (κ1) is 23.4. The fraction of sp³-hybridized carbons (Fsp3) is 0.391. The quantitative estimate of drug-likeness (QED) is 0.482. The van der Waals surface area contributed by atoms with Crippen LogP contribution in [0.1, 0.15) is 24.2 Å². The van der Waals surface area contributed by atoms with E-state index in [2.05, 4.69) is 15.0 Å². The number of rotatable bonds is 7. The fourth-order valence-electron chi connectivity index (χ4n) is 3.89. The molecule has 33 heavy (non-hydrogen) atoms. The number of halogens is 3. The van der Waals surface area contributed by atoms with Gasteiger partial charge >= 0.3 is 12.2 Å². The van der Waals surface area contributed by atoms with Crippen LogP contribution in [0.2, 0.25) is 0 Å². The molecule has 10 heteroatoms. The lowest BCUT2D eigenvalue weighted by atomic mass is 9.97. The summed E-state index contributed by atoms with van der Waals surface area (Å²) in [7, 11) is 0. The molecule has 1 saturated heterocycles. The van der Waals surface area contributed by atoms with Gasteiger partial charge in [0.15, 0.2) is 0 Å². The van der Waals surface area contributed by atoms with E-state index in [9.17, 15) is 18.3 Å². The molecule has 1 aromatic heterocycles. The van der Waals surface area contributed by atoms with Crippen molar-refractivity contribution in [1.82, 2.24) is 19.7 Å². The second kappa shape index (κ2) is 10.0. The minimum Gasteiger partial charge on any atom is -0.508 e. The van der Waals surface area contributed by atoms with Crippen LogP contribution in [0.4, 0.5) is 13.2 Å². The smallest absolute Gasteiger partial charge is 0.453 e. The molecule has 0 spiro atoms. The Labute approximate surface area is 194 Å². The largest absolute Gasteiger partial charge is 0.508 e. The summed E-state index contributed by atoms with van der Waals surface area (Å²) in [6, 6.07) is 14.1. The molecule has 0 atom stereocenters. The number of nitrogens with zero attached hydrogens (tertiary/aromatic N) is 4. The number of benzene rings is 2. The number of piperidine rings is 1. The van der Waals surface area contributed by atoms with Crippen molar-refractivity contribution in [1.29, 1.82) is 0 Å². The number of hydrogen-bond acceptors (Lipinski definition) is 6. The zero-order chi connectivity index (χ0) is 23.4. The number of phenols is 1. The van der Waals surface area contributed by atoms with Crippen LogP contribution in [-0.4, -0.2) is 50.7 Å². The monoisotopic (exact) mass is 478 g/mol. The van der Waals surface area contributed by atoms with Crippen LogP contribution in [0.3, 0.4) is 0 Å². The predicted molar refractivity (Wildman–Crippen MR) is 120 cm³/mol. The van der Waals surface area contributed by atoms with Crippen molar-refractivity contribution in [3.8, 4) is 17.4 Å². The molecule has 4 rings (SSSR count). The van der Waals surface area contributed by atoms with Crippen molar-refractivity contribution in [3.05, 3.63) is 59.9 Å². The number of ether oxygens (including phenoxy) is 1. The first-order valence-electron chi connectivity index (χ1n) is 10.6. The van der Waals surface area contributed by atoms with E-state index in [1.165, 1.54) is 11.8 Å². The number of hydrogen-bond donors (Lipinski definition) is 1. The van der Waals surface area contributed by atoms with Crippen molar-refractivity contribution in [2.24, 2.45) is 5.92 Å². The lowest BCUT2D eigenvalue weighted by Gasteiger charge is -2.31. The Bertz CT molecular complexity index is 1080. The Morgan fingerprint density at radius 3 is 2.58 bits per heavy atom. The third-order valence-corrected chi connectivity index (χ3v) is 6.40. The van der Waals surface area contributed by atoms with Crippen LogP contribution in [0.15, 0.2) is 53.4 Å². The molecule has 0 aliphatic carbocycles. The summed E-state index contributed by atoms with van der Waals surface area (Å²) in [5.74, 6) is -0.754. The number of para-hydroxylation sites is 1. The summed E-state index contributed by atoms with van der Waals surface area (Å²) >= 11 is 1.42. The highest BCUT2D eigenvalue weighted by Crippen LogP contribution is 2.32. The van der Waals surface area contributed by atoms with Crippen LogP contribution in [0.25, 0.3) is 5.69 Å². The first-order chi connectivity index (χ1) is 15.8. The Hall–Kier alpha value is -2.72. The Kier molecular flexibility index (Phi) is 7.14. The summed E-state index contributed by atoms with van der Waals surface area (Å²) in [5, 5.41) is 13.3. The second-order valence-corrected chi connectivity index (χ2v) is 8.85. The second-order valence-electron chi connectivity index (χ2n) is 8.00. The maximum atomic E-state index is 13.3. The number of phenolic OH excluding ortho intramolecular Hbond substituents is 1. The highest BCUT2D eigenvalue weighted by atomic mass is 32.2. The molecule has 0 saturated carbocycles. The normalized spacial score (nSPS) is 15.6. The van der Waals surface area contributed by atoms with E-state index in [4.69, 9.17) is 4.74 Å². The summed E-state index contributed by atoms with van der Waals surface area (Å²) < 4.78 is 46.9. The molecule has 176 valence electrons. The molecule has 1 fully saturated rings. The Balaban J connectivity index is 1.41. The van der Waals surface area contributed by atoms with Gasteiger partial charge in [-0.15, -0.1) is 16.9 Å².